The molecule has 0 amide bonds. The van der Waals surface area contributed by atoms with Gasteiger partial charge in [0.1, 0.15) is 11.6 Å². The van der Waals surface area contributed by atoms with Crippen molar-refractivity contribution in [3.05, 3.63) is 65.0 Å². The van der Waals surface area contributed by atoms with E-state index in [2.05, 4.69) is 10.3 Å². The Labute approximate surface area is 117 Å². The third-order valence-electron chi connectivity index (χ3n) is 3.05. The van der Waals surface area contributed by atoms with E-state index in [-0.39, 0.29) is 6.04 Å². The zero-order valence-electron chi connectivity index (χ0n) is 11.7. The van der Waals surface area contributed by atoms with Crippen molar-refractivity contribution < 1.29 is 8.78 Å². The van der Waals surface area contributed by atoms with Crippen LogP contribution in [0.2, 0.25) is 0 Å². The predicted octanol–water partition coefficient (Wildman–Crippen LogP) is 3.76. The van der Waals surface area contributed by atoms with Crippen LogP contribution in [0, 0.1) is 18.6 Å². The van der Waals surface area contributed by atoms with E-state index in [9.17, 15) is 8.78 Å². The van der Waals surface area contributed by atoms with Crippen molar-refractivity contribution in [1.82, 2.24) is 10.3 Å². The predicted molar refractivity (Wildman–Crippen MR) is 75.5 cm³/mol. The number of pyridine rings is 1. The molecule has 2 rings (SSSR count). The van der Waals surface area contributed by atoms with Crippen molar-refractivity contribution in [1.29, 1.82) is 0 Å². The maximum absolute atomic E-state index is 13.4. The quantitative estimate of drug-likeness (QED) is 0.899. The van der Waals surface area contributed by atoms with E-state index < -0.39 is 11.6 Å². The van der Waals surface area contributed by atoms with E-state index in [0.29, 0.717) is 5.56 Å². The van der Waals surface area contributed by atoms with Crippen molar-refractivity contribution in [2.75, 3.05) is 6.54 Å². The number of aromatic nitrogens is 1. The van der Waals surface area contributed by atoms with Gasteiger partial charge in [-0.15, -0.1) is 0 Å². The van der Waals surface area contributed by atoms with E-state index in [4.69, 9.17) is 0 Å². The van der Waals surface area contributed by atoms with Crippen LogP contribution in [0.15, 0.2) is 36.5 Å². The molecule has 1 N–H and O–H groups in total. The van der Waals surface area contributed by atoms with Crippen molar-refractivity contribution >= 4 is 0 Å². The highest BCUT2D eigenvalue weighted by atomic mass is 19.1. The zero-order valence-corrected chi connectivity index (χ0v) is 11.7. The Balaban J connectivity index is 2.41. The molecule has 2 aromatic rings. The smallest absolute Gasteiger partial charge is 0.126 e. The minimum Gasteiger partial charge on any atom is -0.305 e. The second-order valence-corrected chi connectivity index (χ2v) is 4.85. The summed E-state index contributed by atoms with van der Waals surface area (Å²) in [6.45, 7) is 4.76. The largest absolute Gasteiger partial charge is 0.305 e. The van der Waals surface area contributed by atoms with E-state index in [1.807, 2.05) is 26.0 Å². The van der Waals surface area contributed by atoms with Crippen LogP contribution in [0.1, 0.15) is 36.2 Å². The third kappa shape index (κ3) is 3.61. The average molecular weight is 276 g/mol. The van der Waals surface area contributed by atoms with Crippen LogP contribution in [0.25, 0.3) is 0 Å². The first-order valence-electron chi connectivity index (χ1n) is 6.72. The molecule has 20 heavy (non-hydrogen) atoms. The molecule has 0 bridgehead atoms. The molecule has 0 aliphatic heterocycles. The van der Waals surface area contributed by atoms with Gasteiger partial charge in [0, 0.05) is 12.3 Å². The maximum atomic E-state index is 13.4. The molecule has 1 aromatic carbocycles. The summed E-state index contributed by atoms with van der Waals surface area (Å²) >= 11 is 0. The molecule has 0 aliphatic carbocycles. The topological polar surface area (TPSA) is 24.9 Å². The number of hydrogen-bond acceptors (Lipinski definition) is 2. The van der Waals surface area contributed by atoms with Crippen LogP contribution < -0.4 is 5.32 Å². The first-order valence-corrected chi connectivity index (χ1v) is 6.72. The molecule has 0 spiro atoms. The summed E-state index contributed by atoms with van der Waals surface area (Å²) < 4.78 is 26.8. The first-order chi connectivity index (χ1) is 9.60. The van der Waals surface area contributed by atoms with Crippen molar-refractivity contribution in [2.24, 2.45) is 0 Å². The fraction of sp³-hybridized carbons (Fsp3) is 0.312. The second kappa shape index (κ2) is 6.57. The van der Waals surface area contributed by atoms with E-state index in [1.54, 1.807) is 6.20 Å². The highest BCUT2D eigenvalue weighted by molar-refractivity contribution is 5.30. The summed E-state index contributed by atoms with van der Waals surface area (Å²) in [6.07, 6.45) is 2.64. The van der Waals surface area contributed by atoms with Gasteiger partial charge < -0.3 is 5.32 Å². The Kier molecular flexibility index (Phi) is 4.79. The lowest BCUT2D eigenvalue weighted by atomic mass is 10.0. The Morgan fingerprint density at radius 2 is 1.85 bits per heavy atom. The molecule has 106 valence electrons. The number of benzene rings is 1. The Hall–Kier alpha value is -1.81. The number of nitrogens with zero attached hydrogens (tertiary/aromatic N) is 1. The second-order valence-electron chi connectivity index (χ2n) is 4.85. The van der Waals surface area contributed by atoms with E-state index >= 15 is 0 Å². The molecular formula is C16H18F2N2. The standard InChI is InChI=1S/C16H18F2N2/c1-3-5-20-16(15-7-11(2)4-6-19-15)12-8-13(17)10-14(18)9-12/h4,6-10,16,20H,3,5H2,1-2H3. The highest BCUT2D eigenvalue weighted by Crippen LogP contribution is 2.23. The first kappa shape index (κ1) is 14.6. The van der Waals surface area contributed by atoms with Crippen LogP contribution in [-0.2, 0) is 0 Å². The average Bonchev–Trinajstić information content (AvgIpc) is 2.38. The third-order valence-corrected chi connectivity index (χ3v) is 3.05. The van der Waals surface area contributed by atoms with Gasteiger partial charge >= 0.3 is 0 Å². The molecule has 0 saturated heterocycles. The van der Waals surface area contributed by atoms with Crippen LogP contribution in [0.4, 0.5) is 8.78 Å². The Bertz CT molecular complexity index is 564. The monoisotopic (exact) mass is 276 g/mol. The minimum absolute atomic E-state index is 0.306. The summed E-state index contributed by atoms with van der Waals surface area (Å²) in [7, 11) is 0. The zero-order chi connectivity index (χ0) is 14.5. The molecule has 1 atom stereocenters. The summed E-state index contributed by atoms with van der Waals surface area (Å²) in [6, 6.07) is 7.09. The number of hydrogen-bond donors (Lipinski definition) is 1. The van der Waals surface area contributed by atoms with Gasteiger partial charge in [0.15, 0.2) is 0 Å². The van der Waals surface area contributed by atoms with Gasteiger partial charge in [-0.1, -0.05) is 6.92 Å². The summed E-state index contributed by atoms with van der Waals surface area (Å²) in [4.78, 5) is 4.32. The SMILES string of the molecule is CCCNC(c1cc(F)cc(F)c1)c1cc(C)ccn1. The van der Waals surface area contributed by atoms with Crippen LogP contribution in [0.3, 0.4) is 0 Å². The molecule has 1 heterocycles. The van der Waals surface area contributed by atoms with Gasteiger partial charge in [-0.3, -0.25) is 4.98 Å². The highest BCUT2D eigenvalue weighted by Gasteiger charge is 2.16. The molecular weight excluding hydrogens is 258 g/mol. The van der Waals surface area contributed by atoms with Crippen LogP contribution >= 0.6 is 0 Å². The van der Waals surface area contributed by atoms with Crippen molar-refractivity contribution in [2.45, 2.75) is 26.3 Å². The van der Waals surface area contributed by atoms with Gasteiger partial charge in [0.2, 0.25) is 0 Å². The molecule has 4 heteroatoms. The number of aryl methyl sites for hydroxylation is 1. The van der Waals surface area contributed by atoms with E-state index in [0.717, 1.165) is 30.3 Å². The van der Waals surface area contributed by atoms with Crippen molar-refractivity contribution in [3.8, 4) is 0 Å². The number of nitrogens with one attached hydrogen (secondary N) is 1. The lowest BCUT2D eigenvalue weighted by molar-refractivity contribution is 0.553. The Morgan fingerprint density at radius 1 is 1.15 bits per heavy atom. The molecule has 0 fully saturated rings. The van der Waals surface area contributed by atoms with Gasteiger partial charge in [-0.05, 0) is 55.3 Å². The van der Waals surface area contributed by atoms with Crippen LogP contribution in [-0.4, -0.2) is 11.5 Å². The van der Waals surface area contributed by atoms with Gasteiger partial charge in [0.05, 0.1) is 11.7 Å². The van der Waals surface area contributed by atoms with Crippen LogP contribution in [0.5, 0.6) is 0 Å². The number of rotatable bonds is 5. The molecule has 1 aromatic heterocycles. The normalized spacial score (nSPS) is 12.4. The molecule has 1 unspecified atom stereocenters. The molecule has 0 aliphatic rings. The summed E-state index contributed by atoms with van der Waals surface area (Å²) in [5.74, 6) is -1.15. The Morgan fingerprint density at radius 3 is 2.45 bits per heavy atom. The maximum Gasteiger partial charge on any atom is 0.126 e. The summed E-state index contributed by atoms with van der Waals surface area (Å²) in [5.41, 5.74) is 2.38. The lowest BCUT2D eigenvalue weighted by Gasteiger charge is -2.19. The van der Waals surface area contributed by atoms with Crippen molar-refractivity contribution in [3.63, 3.8) is 0 Å². The molecule has 0 radical (unpaired) electrons. The van der Waals surface area contributed by atoms with Gasteiger partial charge in [-0.25, -0.2) is 8.78 Å². The number of halogens is 2. The fourth-order valence-corrected chi connectivity index (χ4v) is 2.14. The molecule has 0 saturated carbocycles. The minimum atomic E-state index is -0.573. The van der Waals surface area contributed by atoms with Gasteiger partial charge in [-0.2, -0.15) is 0 Å². The summed E-state index contributed by atoms with van der Waals surface area (Å²) in [5, 5.41) is 3.29. The van der Waals surface area contributed by atoms with Gasteiger partial charge in [0.25, 0.3) is 0 Å². The lowest BCUT2D eigenvalue weighted by Crippen LogP contribution is -2.24. The van der Waals surface area contributed by atoms with E-state index in [1.165, 1.54) is 12.1 Å². The molecule has 2 nitrogen and oxygen atoms in total. The fourth-order valence-electron chi connectivity index (χ4n) is 2.14.